The van der Waals surface area contributed by atoms with Crippen LogP contribution in [-0.2, 0) is 31.3 Å². The molecule has 218 valence electrons. The standard InChI is InChI=1S/C27H35FN4O6S2/c1-18-25(19-9-8-10-22(15-19)40(36,37)31(5)6)23-16-21(30-39(7,34)35)11-12-24(23)32(18)17-20(28)13-14-29-26(33)38-27(2,3)4/h8-13,15-16,30H,14,17H2,1-7H3,(H,29,33)/b20-13-. The number of carbonyl (C=O) groups excluding carboxylic acids is 1. The molecule has 1 amide bonds. The van der Waals surface area contributed by atoms with E-state index in [1.165, 1.54) is 32.3 Å². The van der Waals surface area contributed by atoms with E-state index in [0.29, 0.717) is 33.4 Å². The summed E-state index contributed by atoms with van der Waals surface area (Å²) in [5.41, 5.74) is 2.06. The number of carbonyl (C=O) groups is 1. The van der Waals surface area contributed by atoms with Gasteiger partial charge in [0.05, 0.1) is 17.7 Å². The summed E-state index contributed by atoms with van der Waals surface area (Å²) in [4.78, 5) is 12.0. The van der Waals surface area contributed by atoms with Crippen LogP contribution in [0.5, 0.6) is 0 Å². The number of alkyl carbamates (subject to hydrolysis) is 1. The first-order valence-corrected chi connectivity index (χ1v) is 15.7. The molecule has 10 nitrogen and oxygen atoms in total. The lowest BCUT2D eigenvalue weighted by Gasteiger charge is -2.19. The first-order chi connectivity index (χ1) is 18.4. The number of allylic oxidation sites excluding steroid dienone is 1. The van der Waals surface area contributed by atoms with Gasteiger partial charge in [0.2, 0.25) is 20.0 Å². The molecule has 0 aliphatic carbocycles. The molecule has 0 radical (unpaired) electrons. The van der Waals surface area contributed by atoms with E-state index in [0.717, 1.165) is 10.6 Å². The largest absolute Gasteiger partial charge is 0.444 e. The molecule has 3 rings (SSSR count). The first-order valence-electron chi connectivity index (χ1n) is 12.3. The fourth-order valence-corrected chi connectivity index (χ4v) is 5.63. The number of halogens is 1. The van der Waals surface area contributed by atoms with E-state index in [2.05, 4.69) is 10.0 Å². The molecule has 0 spiro atoms. The second kappa shape index (κ2) is 11.6. The highest BCUT2D eigenvalue weighted by Gasteiger charge is 2.22. The Kier molecular flexibility index (Phi) is 9.02. The summed E-state index contributed by atoms with van der Waals surface area (Å²) in [6.45, 7) is 6.69. The highest BCUT2D eigenvalue weighted by atomic mass is 32.2. The maximum absolute atomic E-state index is 15.1. The molecule has 0 aliphatic heterocycles. The molecular weight excluding hydrogens is 559 g/mol. The van der Waals surface area contributed by atoms with E-state index in [1.807, 2.05) is 0 Å². The van der Waals surface area contributed by atoms with Gasteiger partial charge in [-0.3, -0.25) is 4.72 Å². The molecule has 0 saturated heterocycles. The van der Waals surface area contributed by atoms with E-state index >= 15 is 4.39 Å². The van der Waals surface area contributed by atoms with Gasteiger partial charge in [0.1, 0.15) is 11.4 Å². The summed E-state index contributed by atoms with van der Waals surface area (Å²) < 4.78 is 74.8. The summed E-state index contributed by atoms with van der Waals surface area (Å²) in [7, 11) is -4.41. The van der Waals surface area contributed by atoms with Crippen molar-refractivity contribution in [2.24, 2.45) is 0 Å². The van der Waals surface area contributed by atoms with E-state index in [1.54, 1.807) is 62.6 Å². The number of anilines is 1. The van der Waals surface area contributed by atoms with Crippen molar-refractivity contribution in [3.8, 4) is 11.1 Å². The van der Waals surface area contributed by atoms with Crippen LogP contribution in [0.25, 0.3) is 22.0 Å². The summed E-state index contributed by atoms with van der Waals surface area (Å²) in [6.07, 6.45) is 1.61. The van der Waals surface area contributed by atoms with E-state index < -0.39 is 37.6 Å². The minimum Gasteiger partial charge on any atom is -0.444 e. The number of aromatic nitrogens is 1. The van der Waals surface area contributed by atoms with Crippen molar-refractivity contribution in [2.45, 2.75) is 44.7 Å². The van der Waals surface area contributed by atoms with Gasteiger partial charge in [-0.2, -0.15) is 0 Å². The lowest BCUT2D eigenvalue weighted by molar-refractivity contribution is 0.0534. The Labute approximate surface area is 234 Å². The minimum absolute atomic E-state index is 0.0833. The molecule has 0 aliphatic rings. The lowest BCUT2D eigenvalue weighted by atomic mass is 10.0. The van der Waals surface area contributed by atoms with Crippen LogP contribution in [0.3, 0.4) is 0 Å². The number of rotatable bonds is 9. The maximum atomic E-state index is 15.1. The average Bonchev–Trinajstić information content (AvgIpc) is 3.07. The van der Waals surface area contributed by atoms with Crippen molar-refractivity contribution >= 4 is 42.7 Å². The average molecular weight is 595 g/mol. The SMILES string of the molecule is Cc1c(-c2cccc(S(=O)(=O)N(C)C)c2)c2cc(NS(C)(=O)=O)ccc2n1C/C(F)=C/CNC(=O)OC(C)(C)C. The van der Waals surface area contributed by atoms with Crippen molar-refractivity contribution in [3.05, 3.63) is 60.1 Å². The fourth-order valence-electron chi connectivity index (χ4n) is 4.13. The van der Waals surface area contributed by atoms with Gasteiger partial charge < -0.3 is 14.6 Å². The summed E-state index contributed by atoms with van der Waals surface area (Å²) >= 11 is 0. The van der Waals surface area contributed by atoms with Crippen LogP contribution in [0, 0.1) is 6.92 Å². The van der Waals surface area contributed by atoms with Crippen LogP contribution in [0.1, 0.15) is 26.5 Å². The Morgan fingerprint density at radius 3 is 2.38 bits per heavy atom. The molecule has 40 heavy (non-hydrogen) atoms. The predicted octanol–water partition coefficient (Wildman–Crippen LogP) is 4.62. The van der Waals surface area contributed by atoms with E-state index in [4.69, 9.17) is 4.74 Å². The Bertz CT molecular complexity index is 1670. The van der Waals surface area contributed by atoms with E-state index in [-0.39, 0.29) is 18.0 Å². The molecule has 13 heteroatoms. The Morgan fingerprint density at radius 1 is 1.10 bits per heavy atom. The third-order valence-corrected chi connectivity index (χ3v) is 8.22. The predicted molar refractivity (Wildman–Crippen MR) is 155 cm³/mol. The Morgan fingerprint density at radius 2 is 1.77 bits per heavy atom. The quantitative estimate of drug-likeness (QED) is 0.372. The highest BCUT2D eigenvalue weighted by molar-refractivity contribution is 7.92. The molecule has 0 saturated carbocycles. The third kappa shape index (κ3) is 7.61. The van der Waals surface area contributed by atoms with Crippen molar-refractivity contribution in [1.82, 2.24) is 14.2 Å². The number of hydrogen-bond donors (Lipinski definition) is 2. The number of fused-ring (bicyclic) bond motifs is 1. The van der Waals surface area contributed by atoms with Crippen LogP contribution < -0.4 is 10.0 Å². The number of nitrogens with one attached hydrogen (secondary N) is 2. The fraction of sp³-hybridized carbons (Fsp3) is 0.370. The van der Waals surface area contributed by atoms with Crippen molar-refractivity contribution in [1.29, 1.82) is 0 Å². The van der Waals surface area contributed by atoms with Crippen molar-refractivity contribution < 1.29 is 30.8 Å². The number of amides is 1. The van der Waals surface area contributed by atoms with Crippen LogP contribution in [0.2, 0.25) is 0 Å². The molecule has 3 aromatic rings. The van der Waals surface area contributed by atoms with Gasteiger partial charge in [-0.05, 0) is 69.7 Å². The van der Waals surface area contributed by atoms with Crippen LogP contribution in [0.4, 0.5) is 14.9 Å². The Balaban J connectivity index is 2.08. The summed E-state index contributed by atoms with van der Waals surface area (Å²) in [5.74, 6) is -0.523. The molecule has 1 heterocycles. The number of ether oxygens (including phenoxy) is 1. The van der Waals surface area contributed by atoms with Gasteiger partial charge in [-0.1, -0.05) is 12.1 Å². The van der Waals surface area contributed by atoms with E-state index in [9.17, 15) is 21.6 Å². The lowest BCUT2D eigenvalue weighted by Crippen LogP contribution is -2.32. The van der Waals surface area contributed by atoms with Crippen LogP contribution in [-0.4, -0.2) is 64.3 Å². The molecular formula is C27H35FN4O6S2. The molecule has 0 unspecified atom stereocenters. The zero-order chi connectivity index (χ0) is 30.0. The summed E-state index contributed by atoms with van der Waals surface area (Å²) in [6, 6.07) is 11.3. The molecule has 1 aromatic heterocycles. The number of sulfonamides is 2. The second-order valence-corrected chi connectivity index (χ2v) is 14.4. The number of benzene rings is 2. The van der Waals surface area contributed by atoms with Gasteiger partial charge in [0.25, 0.3) is 0 Å². The van der Waals surface area contributed by atoms with Crippen LogP contribution in [0.15, 0.2) is 59.3 Å². The van der Waals surface area contributed by atoms with Gasteiger partial charge in [0, 0.05) is 48.5 Å². The maximum Gasteiger partial charge on any atom is 0.407 e. The normalized spacial score (nSPS) is 13.1. The van der Waals surface area contributed by atoms with Crippen molar-refractivity contribution in [2.75, 3.05) is 31.6 Å². The molecule has 0 fully saturated rings. The molecule has 2 aromatic carbocycles. The monoisotopic (exact) mass is 594 g/mol. The van der Waals surface area contributed by atoms with Gasteiger partial charge in [0.15, 0.2) is 0 Å². The van der Waals surface area contributed by atoms with Gasteiger partial charge in [-0.25, -0.2) is 30.3 Å². The zero-order valence-electron chi connectivity index (χ0n) is 23.6. The Hall–Kier alpha value is -3.42. The van der Waals surface area contributed by atoms with Crippen LogP contribution >= 0.6 is 0 Å². The number of nitrogens with zero attached hydrogens (tertiary/aromatic N) is 2. The minimum atomic E-state index is -3.73. The smallest absolute Gasteiger partial charge is 0.407 e. The molecule has 0 atom stereocenters. The highest BCUT2D eigenvalue weighted by Crippen LogP contribution is 2.37. The molecule has 2 N–H and O–H groups in total. The first kappa shape index (κ1) is 31.1. The second-order valence-electron chi connectivity index (χ2n) is 10.5. The topological polar surface area (TPSA) is 127 Å². The zero-order valence-corrected chi connectivity index (χ0v) is 25.2. The van der Waals surface area contributed by atoms with Crippen molar-refractivity contribution in [3.63, 3.8) is 0 Å². The van der Waals surface area contributed by atoms with Gasteiger partial charge >= 0.3 is 6.09 Å². The molecule has 0 bridgehead atoms. The number of hydrogen-bond acceptors (Lipinski definition) is 6. The third-order valence-electron chi connectivity index (χ3n) is 5.81. The summed E-state index contributed by atoms with van der Waals surface area (Å²) in [5, 5.41) is 3.09. The van der Waals surface area contributed by atoms with Gasteiger partial charge in [-0.15, -0.1) is 0 Å².